The molecule has 1 heterocycles. The Kier molecular flexibility index (Phi) is 6.40. The molecule has 1 aromatic rings. The van der Waals surface area contributed by atoms with Gasteiger partial charge in [0.2, 0.25) is 0 Å². The van der Waals surface area contributed by atoms with E-state index >= 15 is 0 Å². The van der Waals surface area contributed by atoms with Gasteiger partial charge in [0.25, 0.3) is 0 Å². The quantitative estimate of drug-likeness (QED) is 0.785. The van der Waals surface area contributed by atoms with E-state index in [4.69, 9.17) is 4.74 Å². The van der Waals surface area contributed by atoms with Gasteiger partial charge in [-0.3, -0.25) is 0 Å². The summed E-state index contributed by atoms with van der Waals surface area (Å²) >= 11 is 5.09. The Morgan fingerprint density at radius 2 is 2.47 bits per heavy atom. The molecule has 1 N–H and O–H groups in total. The molecule has 1 unspecified atom stereocenters. The van der Waals surface area contributed by atoms with Crippen molar-refractivity contribution in [1.29, 1.82) is 0 Å². The standard InChI is InChI=1S/C10H17BrN2OS/c1-3-14-6-4-5-12-8(2)10-13-7-9(11)15-10/h7-8,12H,3-6H2,1-2H3. The SMILES string of the molecule is CCOCCCNC(C)c1ncc(Br)s1. The molecule has 0 spiro atoms. The maximum atomic E-state index is 5.26. The third kappa shape index (κ3) is 5.06. The van der Waals surface area contributed by atoms with Crippen LogP contribution < -0.4 is 5.32 Å². The van der Waals surface area contributed by atoms with E-state index in [0.29, 0.717) is 6.04 Å². The van der Waals surface area contributed by atoms with Gasteiger partial charge in [-0.15, -0.1) is 11.3 Å². The Labute approximate surface area is 103 Å². The fourth-order valence-corrected chi connectivity index (χ4v) is 2.46. The fraction of sp³-hybridized carbons (Fsp3) is 0.700. The summed E-state index contributed by atoms with van der Waals surface area (Å²) in [4.78, 5) is 4.31. The number of hydrogen-bond acceptors (Lipinski definition) is 4. The lowest BCUT2D eigenvalue weighted by Gasteiger charge is -2.10. The van der Waals surface area contributed by atoms with Gasteiger partial charge in [0, 0.05) is 13.2 Å². The number of halogens is 1. The molecular formula is C10H17BrN2OS. The van der Waals surface area contributed by atoms with Crippen LogP contribution >= 0.6 is 27.3 Å². The van der Waals surface area contributed by atoms with Gasteiger partial charge in [0.05, 0.1) is 16.0 Å². The van der Waals surface area contributed by atoms with E-state index in [2.05, 4.69) is 33.2 Å². The first-order chi connectivity index (χ1) is 7.24. The van der Waals surface area contributed by atoms with Crippen molar-refractivity contribution in [2.75, 3.05) is 19.8 Å². The van der Waals surface area contributed by atoms with E-state index in [9.17, 15) is 0 Å². The molecule has 0 radical (unpaired) electrons. The summed E-state index contributed by atoms with van der Waals surface area (Å²) in [6, 6.07) is 0.322. The Bertz CT molecular complexity index is 280. The lowest BCUT2D eigenvalue weighted by Crippen LogP contribution is -2.20. The topological polar surface area (TPSA) is 34.1 Å². The molecule has 0 aromatic carbocycles. The minimum absolute atomic E-state index is 0.322. The van der Waals surface area contributed by atoms with Crippen LogP contribution in [-0.2, 0) is 4.74 Å². The van der Waals surface area contributed by atoms with E-state index in [1.807, 2.05) is 13.1 Å². The molecule has 0 saturated heterocycles. The third-order valence-electron chi connectivity index (χ3n) is 1.99. The Morgan fingerprint density at radius 3 is 3.07 bits per heavy atom. The van der Waals surface area contributed by atoms with Crippen LogP contribution in [0.1, 0.15) is 31.3 Å². The lowest BCUT2D eigenvalue weighted by molar-refractivity contribution is 0.144. The summed E-state index contributed by atoms with van der Waals surface area (Å²) < 4.78 is 6.35. The van der Waals surface area contributed by atoms with Crippen LogP contribution in [0.4, 0.5) is 0 Å². The largest absolute Gasteiger partial charge is 0.382 e. The summed E-state index contributed by atoms with van der Waals surface area (Å²) in [7, 11) is 0. The summed E-state index contributed by atoms with van der Waals surface area (Å²) in [5.74, 6) is 0. The van der Waals surface area contributed by atoms with Crippen molar-refractivity contribution < 1.29 is 4.74 Å². The number of nitrogens with one attached hydrogen (secondary N) is 1. The molecule has 0 aliphatic heterocycles. The second-order valence-corrected chi connectivity index (χ2v) is 5.67. The molecule has 5 heteroatoms. The van der Waals surface area contributed by atoms with Gasteiger partial charge in [-0.05, 0) is 42.7 Å². The Morgan fingerprint density at radius 1 is 1.67 bits per heavy atom. The summed E-state index contributed by atoms with van der Waals surface area (Å²) in [6.07, 6.45) is 2.89. The first-order valence-electron chi connectivity index (χ1n) is 5.16. The third-order valence-corrected chi connectivity index (χ3v) is 3.64. The zero-order chi connectivity index (χ0) is 11.1. The molecule has 0 aliphatic carbocycles. The van der Waals surface area contributed by atoms with E-state index < -0.39 is 0 Å². The highest BCUT2D eigenvalue weighted by Gasteiger charge is 2.08. The molecule has 0 fully saturated rings. The van der Waals surface area contributed by atoms with Crippen molar-refractivity contribution in [3.05, 3.63) is 15.0 Å². The number of nitrogens with zero attached hydrogens (tertiary/aromatic N) is 1. The summed E-state index contributed by atoms with van der Waals surface area (Å²) in [5, 5.41) is 4.54. The normalized spacial score (nSPS) is 13.0. The number of ether oxygens (including phenoxy) is 1. The van der Waals surface area contributed by atoms with Crippen LogP contribution in [0.15, 0.2) is 9.98 Å². The lowest BCUT2D eigenvalue weighted by atomic mass is 10.3. The molecule has 1 atom stereocenters. The molecular weight excluding hydrogens is 276 g/mol. The van der Waals surface area contributed by atoms with Gasteiger partial charge in [-0.25, -0.2) is 4.98 Å². The first kappa shape index (κ1) is 13.1. The summed E-state index contributed by atoms with van der Waals surface area (Å²) in [5.41, 5.74) is 0. The van der Waals surface area contributed by atoms with Crippen molar-refractivity contribution in [3.8, 4) is 0 Å². The average molecular weight is 293 g/mol. The zero-order valence-corrected chi connectivity index (χ0v) is 11.5. The second-order valence-electron chi connectivity index (χ2n) is 3.23. The fourth-order valence-electron chi connectivity index (χ4n) is 1.19. The molecule has 1 aromatic heterocycles. The highest BCUT2D eigenvalue weighted by molar-refractivity contribution is 9.11. The highest BCUT2D eigenvalue weighted by atomic mass is 79.9. The second kappa shape index (κ2) is 7.33. The average Bonchev–Trinajstić information content (AvgIpc) is 2.64. The molecule has 1 rings (SSSR count). The molecule has 15 heavy (non-hydrogen) atoms. The predicted molar refractivity (Wildman–Crippen MR) is 67.3 cm³/mol. The van der Waals surface area contributed by atoms with Crippen LogP contribution in [0.2, 0.25) is 0 Å². The van der Waals surface area contributed by atoms with E-state index in [0.717, 1.165) is 35.0 Å². The van der Waals surface area contributed by atoms with Crippen molar-refractivity contribution in [2.24, 2.45) is 0 Å². The minimum Gasteiger partial charge on any atom is -0.382 e. The molecule has 0 amide bonds. The predicted octanol–water partition coefficient (Wildman–Crippen LogP) is 2.98. The number of hydrogen-bond donors (Lipinski definition) is 1. The number of aromatic nitrogens is 1. The molecule has 86 valence electrons. The molecule has 0 bridgehead atoms. The van der Waals surface area contributed by atoms with Gasteiger partial charge in [-0.1, -0.05) is 0 Å². The highest BCUT2D eigenvalue weighted by Crippen LogP contribution is 2.23. The molecule has 0 saturated carbocycles. The monoisotopic (exact) mass is 292 g/mol. The van der Waals surface area contributed by atoms with Crippen LogP contribution in [0.3, 0.4) is 0 Å². The van der Waals surface area contributed by atoms with Gasteiger partial charge >= 0.3 is 0 Å². The minimum atomic E-state index is 0.322. The zero-order valence-electron chi connectivity index (χ0n) is 9.12. The Balaban J connectivity index is 2.16. The van der Waals surface area contributed by atoms with Crippen molar-refractivity contribution >= 4 is 27.3 Å². The summed E-state index contributed by atoms with van der Waals surface area (Å²) in [6.45, 7) is 6.75. The number of rotatable bonds is 7. The van der Waals surface area contributed by atoms with Crippen molar-refractivity contribution in [2.45, 2.75) is 26.3 Å². The maximum absolute atomic E-state index is 5.26. The van der Waals surface area contributed by atoms with Gasteiger partial charge in [0.15, 0.2) is 0 Å². The van der Waals surface area contributed by atoms with Crippen LogP contribution in [-0.4, -0.2) is 24.7 Å². The Hall–Kier alpha value is 0.0300. The van der Waals surface area contributed by atoms with Gasteiger partial charge in [0.1, 0.15) is 5.01 Å². The van der Waals surface area contributed by atoms with Crippen LogP contribution in [0.25, 0.3) is 0 Å². The van der Waals surface area contributed by atoms with E-state index in [1.54, 1.807) is 11.3 Å². The van der Waals surface area contributed by atoms with Crippen molar-refractivity contribution in [1.82, 2.24) is 10.3 Å². The maximum Gasteiger partial charge on any atom is 0.110 e. The van der Waals surface area contributed by atoms with E-state index in [-0.39, 0.29) is 0 Å². The van der Waals surface area contributed by atoms with Crippen molar-refractivity contribution in [3.63, 3.8) is 0 Å². The molecule has 0 aliphatic rings. The van der Waals surface area contributed by atoms with E-state index in [1.165, 1.54) is 0 Å². The van der Waals surface area contributed by atoms with Crippen LogP contribution in [0, 0.1) is 0 Å². The first-order valence-corrected chi connectivity index (χ1v) is 6.77. The van der Waals surface area contributed by atoms with Crippen LogP contribution in [0.5, 0.6) is 0 Å². The van der Waals surface area contributed by atoms with Gasteiger partial charge in [-0.2, -0.15) is 0 Å². The van der Waals surface area contributed by atoms with Gasteiger partial charge < -0.3 is 10.1 Å². The number of thiazole rings is 1. The molecule has 3 nitrogen and oxygen atoms in total. The smallest absolute Gasteiger partial charge is 0.110 e.